The minimum Gasteiger partial charge on any atom is -0.496 e. The third-order valence-corrected chi connectivity index (χ3v) is 2.41. The zero-order valence-corrected chi connectivity index (χ0v) is 8.50. The molecule has 4 heteroatoms. The van der Waals surface area contributed by atoms with E-state index in [0.717, 1.165) is 5.52 Å². The molecule has 15 heavy (non-hydrogen) atoms. The van der Waals surface area contributed by atoms with Gasteiger partial charge in [0.05, 0.1) is 23.6 Å². The largest absolute Gasteiger partial charge is 0.496 e. The molecule has 0 aliphatic carbocycles. The van der Waals surface area contributed by atoms with Crippen LogP contribution in [0.3, 0.4) is 0 Å². The van der Waals surface area contributed by atoms with Crippen LogP contribution < -0.4 is 4.74 Å². The standard InChI is InChI=1S/C11H11NO3/c1-6-9(11(13)14)10-7(12-6)4-3-5-8(10)15-2/h3-5,12H,1-2H3,(H,13,14). The lowest BCUT2D eigenvalue weighted by Crippen LogP contribution is -1.98. The third kappa shape index (κ3) is 1.34. The Labute approximate surface area is 86.5 Å². The first kappa shape index (κ1) is 9.58. The summed E-state index contributed by atoms with van der Waals surface area (Å²) in [6, 6.07) is 5.40. The molecule has 2 N–H and O–H groups in total. The number of aryl methyl sites for hydroxylation is 1. The fourth-order valence-electron chi connectivity index (χ4n) is 1.78. The molecule has 0 saturated carbocycles. The quantitative estimate of drug-likeness (QED) is 0.789. The Morgan fingerprint density at radius 3 is 2.80 bits per heavy atom. The maximum atomic E-state index is 11.1. The Bertz CT molecular complexity index is 528. The molecule has 0 radical (unpaired) electrons. The van der Waals surface area contributed by atoms with Gasteiger partial charge in [-0.3, -0.25) is 0 Å². The molecule has 2 rings (SSSR count). The van der Waals surface area contributed by atoms with Gasteiger partial charge in [0.25, 0.3) is 0 Å². The number of rotatable bonds is 2. The normalized spacial score (nSPS) is 10.5. The van der Waals surface area contributed by atoms with Crippen LogP contribution in [0.4, 0.5) is 0 Å². The SMILES string of the molecule is COc1cccc2[nH]c(C)c(C(=O)O)c12. The van der Waals surface area contributed by atoms with Crippen molar-refractivity contribution in [2.24, 2.45) is 0 Å². The molecule has 78 valence electrons. The number of ether oxygens (including phenoxy) is 1. The summed E-state index contributed by atoms with van der Waals surface area (Å²) in [5.74, 6) is -0.363. The van der Waals surface area contributed by atoms with E-state index in [9.17, 15) is 4.79 Å². The lowest BCUT2D eigenvalue weighted by Gasteiger charge is -2.02. The average Bonchev–Trinajstić information content (AvgIpc) is 2.53. The van der Waals surface area contributed by atoms with E-state index in [1.165, 1.54) is 7.11 Å². The van der Waals surface area contributed by atoms with Gasteiger partial charge in [-0.05, 0) is 19.1 Å². The fourth-order valence-corrected chi connectivity index (χ4v) is 1.78. The van der Waals surface area contributed by atoms with Gasteiger partial charge >= 0.3 is 5.97 Å². The van der Waals surface area contributed by atoms with Gasteiger partial charge in [-0.2, -0.15) is 0 Å². The number of carboxylic acids is 1. The predicted octanol–water partition coefficient (Wildman–Crippen LogP) is 2.18. The van der Waals surface area contributed by atoms with Crippen molar-refractivity contribution in [1.82, 2.24) is 4.98 Å². The van der Waals surface area contributed by atoms with E-state index < -0.39 is 5.97 Å². The second-order valence-corrected chi connectivity index (χ2v) is 3.31. The number of aromatic carboxylic acids is 1. The summed E-state index contributed by atoms with van der Waals surface area (Å²) in [5.41, 5.74) is 1.70. The van der Waals surface area contributed by atoms with Gasteiger partial charge in [0, 0.05) is 5.69 Å². The highest BCUT2D eigenvalue weighted by atomic mass is 16.5. The van der Waals surface area contributed by atoms with Crippen LogP contribution in [0.1, 0.15) is 16.1 Å². The van der Waals surface area contributed by atoms with Crippen LogP contribution in [0, 0.1) is 6.92 Å². The highest BCUT2D eigenvalue weighted by Gasteiger charge is 2.17. The first-order valence-corrected chi connectivity index (χ1v) is 4.53. The Morgan fingerprint density at radius 1 is 1.47 bits per heavy atom. The van der Waals surface area contributed by atoms with E-state index in [1.54, 1.807) is 13.0 Å². The molecule has 0 saturated heterocycles. The Kier molecular flexibility index (Phi) is 2.11. The molecule has 4 nitrogen and oxygen atoms in total. The van der Waals surface area contributed by atoms with Gasteiger partial charge in [-0.1, -0.05) is 6.07 Å². The smallest absolute Gasteiger partial charge is 0.338 e. The van der Waals surface area contributed by atoms with Crippen LogP contribution >= 0.6 is 0 Å². The van der Waals surface area contributed by atoms with Crippen LogP contribution in [0.5, 0.6) is 5.75 Å². The summed E-state index contributed by atoms with van der Waals surface area (Å²) in [7, 11) is 1.53. The number of fused-ring (bicyclic) bond motifs is 1. The summed E-state index contributed by atoms with van der Waals surface area (Å²) in [4.78, 5) is 14.1. The van der Waals surface area contributed by atoms with Crippen molar-refractivity contribution in [3.05, 3.63) is 29.5 Å². The van der Waals surface area contributed by atoms with E-state index in [4.69, 9.17) is 9.84 Å². The molecular formula is C11H11NO3. The fraction of sp³-hybridized carbons (Fsp3) is 0.182. The lowest BCUT2D eigenvalue weighted by atomic mass is 10.1. The van der Waals surface area contributed by atoms with E-state index >= 15 is 0 Å². The minimum absolute atomic E-state index is 0.280. The molecule has 0 bridgehead atoms. The second-order valence-electron chi connectivity index (χ2n) is 3.31. The minimum atomic E-state index is -0.941. The first-order valence-electron chi connectivity index (χ1n) is 4.53. The molecule has 0 fully saturated rings. The number of carbonyl (C=O) groups is 1. The summed E-state index contributed by atoms with van der Waals surface area (Å²) >= 11 is 0. The van der Waals surface area contributed by atoms with Crippen LogP contribution in [0.15, 0.2) is 18.2 Å². The number of aromatic nitrogens is 1. The number of aromatic amines is 1. The number of nitrogens with one attached hydrogen (secondary N) is 1. The number of carboxylic acid groups (broad SMARTS) is 1. The van der Waals surface area contributed by atoms with Crippen LogP contribution in [0.25, 0.3) is 10.9 Å². The molecule has 1 aromatic heterocycles. The molecule has 0 amide bonds. The first-order chi connectivity index (χ1) is 7.15. The van der Waals surface area contributed by atoms with Crippen molar-refractivity contribution in [3.8, 4) is 5.75 Å². The maximum Gasteiger partial charge on any atom is 0.338 e. The van der Waals surface area contributed by atoms with Crippen molar-refractivity contribution in [3.63, 3.8) is 0 Å². The second kappa shape index (κ2) is 3.31. The average molecular weight is 205 g/mol. The Hall–Kier alpha value is -1.97. The molecule has 0 atom stereocenters. The Balaban J connectivity index is 2.88. The van der Waals surface area contributed by atoms with Crippen molar-refractivity contribution in [1.29, 1.82) is 0 Å². The number of hydrogen-bond acceptors (Lipinski definition) is 2. The molecule has 1 aromatic carbocycles. The van der Waals surface area contributed by atoms with Crippen molar-refractivity contribution >= 4 is 16.9 Å². The van der Waals surface area contributed by atoms with Crippen molar-refractivity contribution < 1.29 is 14.6 Å². The summed E-state index contributed by atoms with van der Waals surface area (Å²) in [5, 5.41) is 9.73. The number of hydrogen-bond donors (Lipinski definition) is 2. The van der Waals surface area contributed by atoms with Crippen LogP contribution in [-0.4, -0.2) is 23.2 Å². The van der Waals surface area contributed by atoms with Crippen molar-refractivity contribution in [2.75, 3.05) is 7.11 Å². The lowest BCUT2D eigenvalue weighted by molar-refractivity contribution is 0.0698. The zero-order chi connectivity index (χ0) is 11.0. The maximum absolute atomic E-state index is 11.1. The third-order valence-electron chi connectivity index (χ3n) is 2.41. The van der Waals surface area contributed by atoms with E-state index in [-0.39, 0.29) is 5.56 Å². The van der Waals surface area contributed by atoms with Gasteiger partial charge in [-0.15, -0.1) is 0 Å². The molecule has 0 aliphatic rings. The molecule has 1 heterocycles. The van der Waals surface area contributed by atoms with Gasteiger partial charge in [0.1, 0.15) is 5.75 Å². The molecule has 0 spiro atoms. The van der Waals surface area contributed by atoms with E-state index in [1.807, 2.05) is 12.1 Å². The van der Waals surface area contributed by atoms with E-state index in [2.05, 4.69) is 4.98 Å². The zero-order valence-electron chi connectivity index (χ0n) is 8.50. The molecule has 0 aliphatic heterocycles. The number of H-pyrrole nitrogens is 1. The van der Waals surface area contributed by atoms with E-state index in [0.29, 0.717) is 16.8 Å². The van der Waals surface area contributed by atoms with Crippen LogP contribution in [0.2, 0.25) is 0 Å². The monoisotopic (exact) mass is 205 g/mol. The molecule has 2 aromatic rings. The Morgan fingerprint density at radius 2 is 2.20 bits per heavy atom. The highest BCUT2D eigenvalue weighted by Crippen LogP contribution is 2.30. The highest BCUT2D eigenvalue weighted by molar-refractivity contribution is 6.07. The molecule has 0 unspecified atom stereocenters. The van der Waals surface area contributed by atoms with Gasteiger partial charge in [-0.25, -0.2) is 4.79 Å². The summed E-state index contributed by atoms with van der Waals surface area (Å²) < 4.78 is 5.15. The predicted molar refractivity (Wildman–Crippen MR) is 56.5 cm³/mol. The van der Waals surface area contributed by atoms with Gasteiger partial charge < -0.3 is 14.8 Å². The number of benzene rings is 1. The van der Waals surface area contributed by atoms with Crippen LogP contribution in [-0.2, 0) is 0 Å². The number of methoxy groups -OCH3 is 1. The topological polar surface area (TPSA) is 62.3 Å². The van der Waals surface area contributed by atoms with Crippen molar-refractivity contribution in [2.45, 2.75) is 6.92 Å². The summed E-state index contributed by atoms with van der Waals surface area (Å²) in [6.07, 6.45) is 0. The summed E-state index contributed by atoms with van der Waals surface area (Å²) in [6.45, 7) is 1.74. The van der Waals surface area contributed by atoms with Gasteiger partial charge in [0.15, 0.2) is 0 Å². The van der Waals surface area contributed by atoms with Gasteiger partial charge in [0.2, 0.25) is 0 Å². The molecular weight excluding hydrogens is 194 g/mol.